The number of carboxylic acid groups (broad SMARTS) is 1. The fourth-order valence-electron chi connectivity index (χ4n) is 3.04. The van der Waals surface area contributed by atoms with Crippen molar-refractivity contribution in [2.45, 2.75) is 0 Å². The van der Waals surface area contributed by atoms with Crippen LogP contribution in [-0.2, 0) is 0 Å². The van der Waals surface area contributed by atoms with Gasteiger partial charge in [0.15, 0.2) is 0 Å². The number of nitrogens with zero attached hydrogens (tertiary/aromatic N) is 3. The van der Waals surface area contributed by atoms with Gasteiger partial charge in [0, 0.05) is 33.9 Å². The molecule has 4 rings (SSSR count). The van der Waals surface area contributed by atoms with Gasteiger partial charge in [0.25, 0.3) is 5.69 Å². The maximum Gasteiger partial charge on any atom is 0.335 e. The molecule has 0 atom stereocenters. The molecule has 3 aromatic carbocycles. The van der Waals surface area contributed by atoms with Crippen LogP contribution in [-0.4, -0.2) is 32.0 Å². The van der Waals surface area contributed by atoms with Crippen molar-refractivity contribution in [3.8, 4) is 0 Å². The summed E-state index contributed by atoms with van der Waals surface area (Å²) in [5.74, 6) is -0.966. The van der Waals surface area contributed by atoms with Crippen LogP contribution in [0.3, 0.4) is 0 Å². The van der Waals surface area contributed by atoms with E-state index < -0.39 is 16.9 Å². The van der Waals surface area contributed by atoms with Crippen molar-refractivity contribution in [3.63, 3.8) is 0 Å². The summed E-state index contributed by atoms with van der Waals surface area (Å²) >= 11 is 5.93. The van der Waals surface area contributed by atoms with E-state index in [1.165, 1.54) is 42.5 Å². The molecule has 1 heterocycles. The first-order valence-corrected chi connectivity index (χ1v) is 10.1. The van der Waals surface area contributed by atoms with E-state index in [9.17, 15) is 19.7 Å². The van der Waals surface area contributed by atoms with E-state index in [0.29, 0.717) is 27.3 Å². The Morgan fingerprint density at radius 2 is 1.71 bits per heavy atom. The average Bonchev–Trinajstić information content (AvgIpc) is 2.79. The van der Waals surface area contributed by atoms with Gasteiger partial charge in [-0.1, -0.05) is 17.7 Å². The van der Waals surface area contributed by atoms with E-state index >= 15 is 0 Å². The Hall–Kier alpha value is -4.77. The highest BCUT2D eigenvalue weighted by molar-refractivity contribution is 6.30. The van der Waals surface area contributed by atoms with Gasteiger partial charge < -0.3 is 15.7 Å². The summed E-state index contributed by atoms with van der Waals surface area (Å²) in [4.78, 5) is 42.8. The van der Waals surface area contributed by atoms with Gasteiger partial charge in [0.1, 0.15) is 5.82 Å². The molecule has 0 radical (unpaired) electrons. The number of fused-ring (bicyclic) bond motifs is 1. The molecule has 0 aliphatic heterocycles. The molecule has 1 aromatic heterocycles. The SMILES string of the molecule is O=C(Nc1cccc(Cl)c1)Nc1nc(Nc2ccc(C(=O)O)cc2)c2cc([N+](=O)[O-])ccc2n1. The van der Waals surface area contributed by atoms with Crippen molar-refractivity contribution in [1.82, 2.24) is 9.97 Å². The zero-order valence-electron chi connectivity index (χ0n) is 17.2. The van der Waals surface area contributed by atoms with Crippen LogP contribution in [0.15, 0.2) is 66.7 Å². The monoisotopic (exact) mass is 478 g/mol. The summed E-state index contributed by atoms with van der Waals surface area (Å²) in [6.07, 6.45) is 0. The molecule has 0 fully saturated rings. The Morgan fingerprint density at radius 1 is 0.941 bits per heavy atom. The number of benzene rings is 3. The maximum atomic E-state index is 12.4. The molecule has 4 N–H and O–H groups in total. The molecule has 0 bridgehead atoms. The summed E-state index contributed by atoms with van der Waals surface area (Å²) in [5.41, 5.74) is 1.20. The number of nitrogens with one attached hydrogen (secondary N) is 3. The van der Waals surface area contributed by atoms with E-state index in [1.54, 1.807) is 24.3 Å². The summed E-state index contributed by atoms with van der Waals surface area (Å²) < 4.78 is 0. The summed E-state index contributed by atoms with van der Waals surface area (Å²) in [6.45, 7) is 0. The number of anilines is 4. The van der Waals surface area contributed by atoms with E-state index in [0.717, 1.165) is 0 Å². The van der Waals surface area contributed by atoms with Gasteiger partial charge in [-0.05, 0) is 48.5 Å². The van der Waals surface area contributed by atoms with E-state index in [1.807, 2.05) is 0 Å². The standard InChI is InChI=1S/C22H15ClN6O5/c23-13-2-1-3-15(10-13)25-22(32)28-21-26-18-9-8-16(29(33)34)11-17(18)19(27-21)24-14-6-4-12(5-7-14)20(30)31/h1-11H,(H,30,31)(H3,24,25,26,27,28,32). The third kappa shape index (κ3) is 5.16. The second-order valence-corrected chi connectivity index (χ2v) is 7.39. The Morgan fingerprint density at radius 3 is 2.38 bits per heavy atom. The van der Waals surface area contributed by atoms with Crippen molar-refractivity contribution in [1.29, 1.82) is 0 Å². The highest BCUT2D eigenvalue weighted by Crippen LogP contribution is 2.29. The molecule has 34 heavy (non-hydrogen) atoms. The number of carbonyl (C=O) groups excluding carboxylic acids is 1. The van der Waals surface area contributed by atoms with Crippen LogP contribution in [0.25, 0.3) is 10.9 Å². The molecular formula is C22H15ClN6O5. The van der Waals surface area contributed by atoms with Crippen molar-refractivity contribution in [3.05, 3.63) is 87.4 Å². The van der Waals surface area contributed by atoms with Crippen LogP contribution in [0.4, 0.5) is 33.6 Å². The largest absolute Gasteiger partial charge is 0.478 e. The molecule has 0 saturated heterocycles. The molecular weight excluding hydrogens is 464 g/mol. The molecule has 0 aliphatic rings. The number of carboxylic acids is 1. The van der Waals surface area contributed by atoms with Gasteiger partial charge in [-0.2, -0.15) is 4.98 Å². The quantitative estimate of drug-likeness (QED) is 0.215. The lowest BCUT2D eigenvalue weighted by atomic mass is 10.2. The van der Waals surface area contributed by atoms with Crippen molar-refractivity contribution >= 4 is 63.3 Å². The molecule has 0 saturated carbocycles. The number of rotatable bonds is 6. The maximum absolute atomic E-state index is 12.4. The van der Waals surface area contributed by atoms with Gasteiger partial charge in [-0.15, -0.1) is 0 Å². The third-order valence-electron chi connectivity index (χ3n) is 4.59. The second-order valence-electron chi connectivity index (χ2n) is 6.95. The smallest absolute Gasteiger partial charge is 0.335 e. The van der Waals surface area contributed by atoms with E-state index in [4.69, 9.17) is 16.7 Å². The fourth-order valence-corrected chi connectivity index (χ4v) is 3.23. The number of nitro groups is 1. The number of carbonyl (C=O) groups is 2. The number of aromatic nitrogens is 2. The predicted molar refractivity (Wildman–Crippen MR) is 127 cm³/mol. The number of hydrogen-bond donors (Lipinski definition) is 4. The zero-order valence-corrected chi connectivity index (χ0v) is 17.9. The molecule has 4 aromatic rings. The first kappa shape index (κ1) is 22.4. The molecule has 2 amide bonds. The number of aromatic carboxylic acids is 1. The van der Waals surface area contributed by atoms with Crippen LogP contribution >= 0.6 is 11.6 Å². The number of hydrogen-bond acceptors (Lipinski definition) is 7. The number of nitro benzene ring substituents is 1. The number of non-ortho nitro benzene ring substituents is 1. The Bertz CT molecular complexity index is 1430. The lowest BCUT2D eigenvalue weighted by Gasteiger charge is -2.12. The Balaban J connectivity index is 1.67. The summed E-state index contributed by atoms with van der Waals surface area (Å²) in [6, 6.07) is 15.8. The molecule has 0 unspecified atom stereocenters. The number of urea groups is 1. The molecule has 0 aliphatic carbocycles. The zero-order chi connectivity index (χ0) is 24.2. The fraction of sp³-hybridized carbons (Fsp3) is 0. The lowest BCUT2D eigenvalue weighted by Crippen LogP contribution is -2.21. The van der Waals surface area contributed by atoms with Crippen molar-refractivity contribution < 1.29 is 19.6 Å². The first-order valence-electron chi connectivity index (χ1n) is 9.68. The van der Waals surface area contributed by atoms with Gasteiger partial charge >= 0.3 is 12.0 Å². The van der Waals surface area contributed by atoms with Gasteiger partial charge in [-0.25, -0.2) is 14.6 Å². The van der Waals surface area contributed by atoms with Crippen molar-refractivity contribution in [2.75, 3.05) is 16.0 Å². The van der Waals surface area contributed by atoms with Crippen LogP contribution < -0.4 is 16.0 Å². The Labute approximate surface area is 196 Å². The third-order valence-corrected chi connectivity index (χ3v) is 4.83. The van der Waals surface area contributed by atoms with Gasteiger partial charge in [0.05, 0.1) is 16.0 Å². The number of halogens is 1. The topological polar surface area (TPSA) is 159 Å². The normalized spacial score (nSPS) is 10.5. The molecule has 11 nitrogen and oxygen atoms in total. The summed E-state index contributed by atoms with van der Waals surface area (Å²) in [7, 11) is 0. The van der Waals surface area contributed by atoms with E-state index in [-0.39, 0.29) is 23.0 Å². The highest BCUT2D eigenvalue weighted by atomic mass is 35.5. The number of amides is 2. The predicted octanol–water partition coefficient (Wildman–Crippen LogP) is 5.28. The first-order chi connectivity index (χ1) is 16.3. The van der Waals surface area contributed by atoms with E-state index in [2.05, 4.69) is 25.9 Å². The van der Waals surface area contributed by atoms with Crippen LogP contribution in [0.5, 0.6) is 0 Å². The minimum absolute atomic E-state index is 0.0643. The molecule has 0 spiro atoms. The van der Waals surface area contributed by atoms with Gasteiger partial charge in [-0.3, -0.25) is 15.4 Å². The van der Waals surface area contributed by atoms with Crippen LogP contribution in [0, 0.1) is 10.1 Å². The molecule has 170 valence electrons. The van der Waals surface area contributed by atoms with Gasteiger partial charge in [0.2, 0.25) is 5.95 Å². The lowest BCUT2D eigenvalue weighted by molar-refractivity contribution is -0.384. The van der Waals surface area contributed by atoms with Crippen LogP contribution in [0.1, 0.15) is 10.4 Å². The second kappa shape index (κ2) is 9.38. The Kier molecular flexibility index (Phi) is 6.19. The average molecular weight is 479 g/mol. The van der Waals surface area contributed by atoms with Crippen LogP contribution in [0.2, 0.25) is 5.02 Å². The molecule has 12 heteroatoms. The summed E-state index contributed by atoms with van der Waals surface area (Å²) in [5, 5.41) is 29.2. The highest BCUT2D eigenvalue weighted by Gasteiger charge is 2.15. The minimum Gasteiger partial charge on any atom is -0.478 e. The minimum atomic E-state index is -1.08. The van der Waals surface area contributed by atoms with Crippen molar-refractivity contribution in [2.24, 2.45) is 0 Å².